The second kappa shape index (κ2) is 5.41. The summed E-state index contributed by atoms with van der Waals surface area (Å²) in [5.41, 5.74) is 1.53. The van der Waals surface area contributed by atoms with E-state index >= 15 is 0 Å². The fourth-order valence-corrected chi connectivity index (χ4v) is 2.81. The van der Waals surface area contributed by atoms with E-state index in [0.717, 1.165) is 19.6 Å². The molecule has 1 aliphatic heterocycles. The molecule has 1 aromatic heterocycles. The zero-order valence-electron chi connectivity index (χ0n) is 12.1. The number of piperazine rings is 1. The SMILES string of the molecule is CCCC1CNC(C)(C)CN1Cc1cnn(C)c1. The summed E-state index contributed by atoms with van der Waals surface area (Å²) in [7, 11) is 1.98. The van der Waals surface area contributed by atoms with Crippen molar-refractivity contribution in [3.05, 3.63) is 18.0 Å². The van der Waals surface area contributed by atoms with Crippen LogP contribution in [0.15, 0.2) is 12.4 Å². The molecule has 18 heavy (non-hydrogen) atoms. The molecule has 0 saturated carbocycles. The molecule has 2 rings (SSSR count). The highest BCUT2D eigenvalue weighted by molar-refractivity contribution is 5.05. The Balaban J connectivity index is 2.05. The standard InChI is InChI=1S/C14H26N4/c1-5-6-13-8-15-14(2,3)11-18(13)10-12-7-16-17(4)9-12/h7,9,13,15H,5-6,8,10-11H2,1-4H3. The van der Waals surface area contributed by atoms with Crippen LogP contribution < -0.4 is 5.32 Å². The second-order valence-corrected chi connectivity index (χ2v) is 6.13. The van der Waals surface area contributed by atoms with E-state index < -0.39 is 0 Å². The summed E-state index contributed by atoms with van der Waals surface area (Å²) in [5, 5.41) is 7.92. The highest BCUT2D eigenvalue weighted by atomic mass is 15.3. The Hall–Kier alpha value is -0.870. The van der Waals surface area contributed by atoms with E-state index in [1.165, 1.54) is 18.4 Å². The number of hydrogen-bond acceptors (Lipinski definition) is 3. The molecule has 1 aromatic rings. The van der Waals surface area contributed by atoms with Crippen molar-refractivity contribution in [1.29, 1.82) is 0 Å². The first kappa shape index (κ1) is 13.6. The van der Waals surface area contributed by atoms with Crippen LogP contribution in [-0.4, -0.2) is 39.4 Å². The Morgan fingerprint density at radius 2 is 2.28 bits per heavy atom. The summed E-state index contributed by atoms with van der Waals surface area (Å²) < 4.78 is 1.89. The number of aryl methyl sites for hydroxylation is 1. The zero-order valence-corrected chi connectivity index (χ0v) is 12.1. The maximum absolute atomic E-state index is 4.26. The predicted molar refractivity (Wildman–Crippen MR) is 74.4 cm³/mol. The fraction of sp³-hybridized carbons (Fsp3) is 0.786. The Morgan fingerprint density at radius 1 is 1.50 bits per heavy atom. The number of nitrogens with zero attached hydrogens (tertiary/aromatic N) is 3. The smallest absolute Gasteiger partial charge is 0.0534 e. The molecule has 1 unspecified atom stereocenters. The van der Waals surface area contributed by atoms with Gasteiger partial charge in [0.25, 0.3) is 0 Å². The molecule has 102 valence electrons. The minimum Gasteiger partial charge on any atom is -0.309 e. The van der Waals surface area contributed by atoms with E-state index in [1.54, 1.807) is 0 Å². The lowest BCUT2D eigenvalue weighted by Crippen LogP contribution is -2.61. The van der Waals surface area contributed by atoms with Gasteiger partial charge in [-0.05, 0) is 20.3 Å². The van der Waals surface area contributed by atoms with Crippen molar-refractivity contribution < 1.29 is 0 Å². The first-order valence-corrected chi connectivity index (χ1v) is 6.97. The average Bonchev–Trinajstić information content (AvgIpc) is 2.68. The van der Waals surface area contributed by atoms with E-state index in [0.29, 0.717) is 6.04 Å². The maximum Gasteiger partial charge on any atom is 0.0534 e. The van der Waals surface area contributed by atoms with Crippen LogP contribution in [0.5, 0.6) is 0 Å². The zero-order chi connectivity index (χ0) is 13.2. The van der Waals surface area contributed by atoms with Crippen molar-refractivity contribution in [2.45, 2.75) is 51.7 Å². The maximum atomic E-state index is 4.26. The van der Waals surface area contributed by atoms with Gasteiger partial charge in [-0.1, -0.05) is 13.3 Å². The lowest BCUT2D eigenvalue weighted by Gasteiger charge is -2.44. The van der Waals surface area contributed by atoms with Gasteiger partial charge in [-0.2, -0.15) is 5.10 Å². The van der Waals surface area contributed by atoms with E-state index in [1.807, 2.05) is 17.9 Å². The van der Waals surface area contributed by atoms with Crippen LogP contribution in [0, 0.1) is 0 Å². The summed E-state index contributed by atoms with van der Waals surface area (Å²) in [5.74, 6) is 0. The number of nitrogens with one attached hydrogen (secondary N) is 1. The summed E-state index contributed by atoms with van der Waals surface area (Å²) in [6.07, 6.45) is 6.62. The van der Waals surface area contributed by atoms with E-state index in [-0.39, 0.29) is 5.54 Å². The second-order valence-electron chi connectivity index (χ2n) is 6.13. The summed E-state index contributed by atoms with van der Waals surface area (Å²) >= 11 is 0. The van der Waals surface area contributed by atoms with Gasteiger partial charge < -0.3 is 5.32 Å². The molecule has 4 nitrogen and oxygen atoms in total. The predicted octanol–water partition coefficient (Wildman–Crippen LogP) is 1.77. The summed E-state index contributed by atoms with van der Waals surface area (Å²) in [4.78, 5) is 2.61. The Bertz CT molecular complexity index is 383. The van der Waals surface area contributed by atoms with Crippen molar-refractivity contribution in [1.82, 2.24) is 20.0 Å². The molecular weight excluding hydrogens is 224 g/mol. The van der Waals surface area contributed by atoms with Gasteiger partial charge in [0.1, 0.15) is 0 Å². The summed E-state index contributed by atoms with van der Waals surface area (Å²) in [6.45, 7) is 10.1. The Labute approximate surface area is 110 Å². The van der Waals surface area contributed by atoms with Gasteiger partial charge in [0.2, 0.25) is 0 Å². The number of aromatic nitrogens is 2. The van der Waals surface area contributed by atoms with Gasteiger partial charge >= 0.3 is 0 Å². The number of hydrogen-bond donors (Lipinski definition) is 1. The van der Waals surface area contributed by atoms with Gasteiger partial charge in [0.15, 0.2) is 0 Å². The summed E-state index contributed by atoms with van der Waals surface area (Å²) in [6, 6.07) is 0.656. The third-order valence-corrected chi connectivity index (χ3v) is 3.70. The normalized spacial score (nSPS) is 24.3. The molecular formula is C14H26N4. The molecule has 0 aromatic carbocycles. The third kappa shape index (κ3) is 3.33. The van der Waals surface area contributed by atoms with Crippen LogP contribution in [0.4, 0.5) is 0 Å². The van der Waals surface area contributed by atoms with Crippen LogP contribution in [-0.2, 0) is 13.6 Å². The van der Waals surface area contributed by atoms with Crippen molar-refractivity contribution in [2.24, 2.45) is 7.05 Å². The Kier molecular flexibility index (Phi) is 4.07. The molecule has 0 spiro atoms. The van der Waals surface area contributed by atoms with Crippen LogP contribution >= 0.6 is 0 Å². The monoisotopic (exact) mass is 250 g/mol. The minimum absolute atomic E-state index is 0.215. The van der Waals surface area contributed by atoms with E-state index in [9.17, 15) is 0 Å². The van der Waals surface area contributed by atoms with Gasteiger partial charge in [0, 0.05) is 50.0 Å². The average molecular weight is 250 g/mol. The molecule has 0 aliphatic carbocycles. The number of rotatable bonds is 4. The molecule has 1 aliphatic rings. The minimum atomic E-state index is 0.215. The molecule has 1 N–H and O–H groups in total. The molecule has 0 amide bonds. The molecule has 0 radical (unpaired) electrons. The van der Waals surface area contributed by atoms with Crippen LogP contribution in [0.1, 0.15) is 39.2 Å². The van der Waals surface area contributed by atoms with Crippen molar-refractivity contribution in [2.75, 3.05) is 13.1 Å². The van der Waals surface area contributed by atoms with Crippen molar-refractivity contribution in [3.8, 4) is 0 Å². The Morgan fingerprint density at radius 3 is 2.89 bits per heavy atom. The third-order valence-electron chi connectivity index (χ3n) is 3.70. The molecule has 1 fully saturated rings. The lowest BCUT2D eigenvalue weighted by atomic mass is 9.96. The first-order chi connectivity index (χ1) is 8.50. The quantitative estimate of drug-likeness (QED) is 0.884. The highest BCUT2D eigenvalue weighted by Gasteiger charge is 2.31. The first-order valence-electron chi connectivity index (χ1n) is 6.97. The van der Waals surface area contributed by atoms with Gasteiger partial charge in [0.05, 0.1) is 6.20 Å². The lowest BCUT2D eigenvalue weighted by molar-refractivity contribution is 0.0826. The van der Waals surface area contributed by atoms with Crippen LogP contribution in [0.25, 0.3) is 0 Å². The van der Waals surface area contributed by atoms with Crippen LogP contribution in [0.2, 0.25) is 0 Å². The van der Waals surface area contributed by atoms with Gasteiger partial charge in [-0.25, -0.2) is 0 Å². The highest BCUT2D eigenvalue weighted by Crippen LogP contribution is 2.20. The van der Waals surface area contributed by atoms with E-state index in [4.69, 9.17) is 0 Å². The molecule has 2 heterocycles. The molecule has 0 bridgehead atoms. The van der Waals surface area contributed by atoms with E-state index in [2.05, 4.69) is 42.3 Å². The fourth-order valence-electron chi connectivity index (χ4n) is 2.81. The largest absolute Gasteiger partial charge is 0.309 e. The molecule has 1 saturated heterocycles. The van der Waals surface area contributed by atoms with Crippen molar-refractivity contribution >= 4 is 0 Å². The molecule has 4 heteroatoms. The molecule has 1 atom stereocenters. The topological polar surface area (TPSA) is 33.1 Å². The van der Waals surface area contributed by atoms with Gasteiger partial charge in [-0.15, -0.1) is 0 Å². The van der Waals surface area contributed by atoms with Gasteiger partial charge in [-0.3, -0.25) is 9.58 Å². The van der Waals surface area contributed by atoms with Crippen LogP contribution in [0.3, 0.4) is 0 Å². The van der Waals surface area contributed by atoms with Crippen molar-refractivity contribution in [3.63, 3.8) is 0 Å².